The third-order valence-corrected chi connectivity index (χ3v) is 2.32. The zero-order chi connectivity index (χ0) is 11.5. The highest BCUT2D eigenvalue weighted by Crippen LogP contribution is 2.37. The normalized spacial score (nSPS) is 12.9. The maximum Gasteiger partial charge on any atom is 0.231 e. The van der Waals surface area contributed by atoms with Crippen LogP contribution in [-0.4, -0.2) is 26.2 Å². The predicted octanol–water partition coefficient (Wildman–Crippen LogP) is 1.29. The van der Waals surface area contributed by atoms with Gasteiger partial charge in [-0.15, -0.1) is 0 Å². The van der Waals surface area contributed by atoms with Crippen molar-refractivity contribution < 1.29 is 18.7 Å². The molecule has 0 aromatic heterocycles. The molecule has 0 spiro atoms. The van der Waals surface area contributed by atoms with Gasteiger partial charge in [-0.1, -0.05) is 0 Å². The highest BCUT2D eigenvalue weighted by molar-refractivity contribution is 6.01. The molecule has 16 heavy (non-hydrogen) atoms. The Morgan fingerprint density at radius 3 is 3.00 bits per heavy atom. The van der Waals surface area contributed by atoms with E-state index in [2.05, 4.69) is 5.32 Å². The van der Waals surface area contributed by atoms with Crippen molar-refractivity contribution in [2.24, 2.45) is 0 Å². The standard InChI is InChI=1S/C11H12FNO3/c1-13-5-9(14)8-2-7(4-12)3-10-11(8)16-6-15-10/h2-3,13H,4-6H2,1H3. The summed E-state index contributed by atoms with van der Waals surface area (Å²) in [7, 11) is 1.68. The van der Waals surface area contributed by atoms with Gasteiger partial charge < -0.3 is 14.8 Å². The Morgan fingerprint density at radius 1 is 1.50 bits per heavy atom. The molecule has 1 aromatic rings. The lowest BCUT2D eigenvalue weighted by atomic mass is 10.1. The van der Waals surface area contributed by atoms with Crippen LogP contribution in [-0.2, 0) is 6.67 Å². The van der Waals surface area contributed by atoms with Gasteiger partial charge in [0.25, 0.3) is 0 Å². The van der Waals surface area contributed by atoms with E-state index >= 15 is 0 Å². The van der Waals surface area contributed by atoms with E-state index in [4.69, 9.17) is 9.47 Å². The fourth-order valence-corrected chi connectivity index (χ4v) is 1.61. The minimum Gasteiger partial charge on any atom is -0.454 e. The third-order valence-electron chi connectivity index (χ3n) is 2.32. The number of hydrogen-bond acceptors (Lipinski definition) is 4. The fourth-order valence-electron chi connectivity index (χ4n) is 1.61. The molecule has 1 aliphatic heterocycles. The van der Waals surface area contributed by atoms with Crippen LogP contribution < -0.4 is 14.8 Å². The zero-order valence-corrected chi connectivity index (χ0v) is 8.88. The Morgan fingerprint density at radius 2 is 2.31 bits per heavy atom. The van der Waals surface area contributed by atoms with Crippen molar-refractivity contribution in [1.82, 2.24) is 5.32 Å². The van der Waals surface area contributed by atoms with Crippen molar-refractivity contribution in [2.45, 2.75) is 6.67 Å². The highest BCUT2D eigenvalue weighted by atomic mass is 19.1. The average molecular weight is 225 g/mol. The highest BCUT2D eigenvalue weighted by Gasteiger charge is 2.22. The van der Waals surface area contributed by atoms with E-state index in [9.17, 15) is 9.18 Å². The summed E-state index contributed by atoms with van der Waals surface area (Å²) in [6.07, 6.45) is 0. The topological polar surface area (TPSA) is 47.6 Å². The quantitative estimate of drug-likeness (QED) is 0.784. The van der Waals surface area contributed by atoms with Crippen molar-refractivity contribution in [3.05, 3.63) is 23.3 Å². The van der Waals surface area contributed by atoms with Gasteiger partial charge in [-0.2, -0.15) is 0 Å². The molecule has 2 rings (SSSR count). The van der Waals surface area contributed by atoms with Gasteiger partial charge in [-0.3, -0.25) is 4.79 Å². The van der Waals surface area contributed by atoms with Gasteiger partial charge in [0.1, 0.15) is 6.67 Å². The molecule has 5 heteroatoms. The number of fused-ring (bicyclic) bond motifs is 1. The molecule has 0 bridgehead atoms. The molecule has 0 atom stereocenters. The number of likely N-dealkylation sites (N-methyl/N-ethyl adjacent to an activating group) is 1. The van der Waals surface area contributed by atoms with Crippen LogP contribution in [0, 0.1) is 0 Å². The maximum atomic E-state index is 12.6. The Balaban J connectivity index is 2.42. The number of benzene rings is 1. The predicted molar refractivity (Wildman–Crippen MR) is 55.6 cm³/mol. The van der Waals surface area contributed by atoms with Crippen LogP contribution in [0.25, 0.3) is 0 Å². The average Bonchev–Trinajstić information content (AvgIpc) is 2.75. The van der Waals surface area contributed by atoms with Gasteiger partial charge in [0.15, 0.2) is 17.3 Å². The number of ether oxygens (including phenoxy) is 2. The zero-order valence-electron chi connectivity index (χ0n) is 8.88. The fraction of sp³-hybridized carbons (Fsp3) is 0.364. The van der Waals surface area contributed by atoms with Crippen LogP contribution in [0.15, 0.2) is 12.1 Å². The summed E-state index contributed by atoms with van der Waals surface area (Å²) in [4.78, 5) is 11.8. The number of ketones is 1. The summed E-state index contributed by atoms with van der Waals surface area (Å²) >= 11 is 0. The van der Waals surface area contributed by atoms with Crippen molar-refractivity contribution >= 4 is 5.78 Å². The van der Waals surface area contributed by atoms with Crippen molar-refractivity contribution in [2.75, 3.05) is 20.4 Å². The molecule has 0 amide bonds. The van der Waals surface area contributed by atoms with Crippen molar-refractivity contribution in [3.63, 3.8) is 0 Å². The maximum absolute atomic E-state index is 12.6. The molecule has 1 aromatic carbocycles. The molecule has 1 N–H and O–H groups in total. The van der Waals surface area contributed by atoms with Gasteiger partial charge in [0.05, 0.1) is 12.1 Å². The van der Waals surface area contributed by atoms with Crippen LogP contribution in [0.2, 0.25) is 0 Å². The van der Waals surface area contributed by atoms with E-state index in [0.717, 1.165) is 0 Å². The Kier molecular flexibility index (Phi) is 3.05. The summed E-state index contributed by atoms with van der Waals surface area (Å²) in [6.45, 7) is -0.368. The first-order valence-electron chi connectivity index (χ1n) is 4.92. The van der Waals surface area contributed by atoms with E-state index in [1.54, 1.807) is 13.1 Å². The summed E-state index contributed by atoms with van der Waals surface area (Å²) in [6, 6.07) is 3.06. The first-order valence-corrected chi connectivity index (χ1v) is 4.92. The first-order chi connectivity index (χ1) is 7.76. The minimum atomic E-state index is -0.628. The van der Waals surface area contributed by atoms with Crippen LogP contribution >= 0.6 is 0 Å². The second-order valence-corrected chi connectivity index (χ2v) is 3.46. The Bertz CT molecular complexity index is 420. The van der Waals surface area contributed by atoms with Crippen LogP contribution in [0.5, 0.6) is 11.5 Å². The number of rotatable bonds is 4. The van der Waals surface area contributed by atoms with Gasteiger partial charge in [-0.05, 0) is 24.7 Å². The smallest absolute Gasteiger partial charge is 0.231 e. The third kappa shape index (κ3) is 1.86. The number of Topliss-reactive ketones (excluding diaryl/α,β-unsaturated/α-hetero) is 1. The molecule has 0 saturated carbocycles. The second-order valence-electron chi connectivity index (χ2n) is 3.46. The SMILES string of the molecule is CNCC(=O)c1cc(CF)cc2c1OCO2. The lowest BCUT2D eigenvalue weighted by molar-refractivity contribution is 0.0989. The van der Waals surface area contributed by atoms with E-state index < -0.39 is 6.67 Å². The van der Waals surface area contributed by atoms with Gasteiger partial charge >= 0.3 is 0 Å². The monoisotopic (exact) mass is 225 g/mol. The van der Waals surface area contributed by atoms with Gasteiger partial charge in [0, 0.05) is 0 Å². The number of alkyl halides is 1. The van der Waals surface area contributed by atoms with E-state index in [1.165, 1.54) is 6.07 Å². The molecule has 4 nitrogen and oxygen atoms in total. The number of hydrogen-bond donors (Lipinski definition) is 1. The molecule has 0 unspecified atom stereocenters. The summed E-state index contributed by atoms with van der Waals surface area (Å²) in [5.74, 6) is 0.714. The van der Waals surface area contributed by atoms with E-state index in [0.29, 0.717) is 22.6 Å². The largest absolute Gasteiger partial charge is 0.454 e. The van der Waals surface area contributed by atoms with Crippen LogP contribution in [0.4, 0.5) is 4.39 Å². The molecule has 0 fully saturated rings. The molecular weight excluding hydrogens is 213 g/mol. The molecule has 0 radical (unpaired) electrons. The minimum absolute atomic E-state index is 0.0743. The van der Waals surface area contributed by atoms with Gasteiger partial charge in [-0.25, -0.2) is 4.39 Å². The second kappa shape index (κ2) is 4.49. The molecule has 0 aliphatic carbocycles. The summed E-state index contributed by atoms with van der Waals surface area (Å²) in [5.41, 5.74) is 0.792. The molecule has 1 aliphatic rings. The van der Waals surface area contributed by atoms with Gasteiger partial charge in [0.2, 0.25) is 6.79 Å². The molecule has 1 heterocycles. The first kappa shape index (κ1) is 10.9. The van der Waals surface area contributed by atoms with E-state index in [-0.39, 0.29) is 19.1 Å². The Hall–Kier alpha value is -1.62. The lowest BCUT2D eigenvalue weighted by Gasteiger charge is -2.06. The number of halogens is 1. The number of nitrogens with one attached hydrogen (secondary N) is 1. The number of carbonyl (C=O) groups is 1. The summed E-state index contributed by atoms with van der Waals surface area (Å²) in [5, 5.41) is 2.75. The van der Waals surface area contributed by atoms with Crippen molar-refractivity contribution in [1.29, 1.82) is 0 Å². The van der Waals surface area contributed by atoms with E-state index in [1.807, 2.05) is 0 Å². The molecule has 86 valence electrons. The summed E-state index contributed by atoms with van der Waals surface area (Å²) < 4.78 is 23.0. The van der Waals surface area contributed by atoms with Crippen LogP contribution in [0.1, 0.15) is 15.9 Å². The number of carbonyl (C=O) groups excluding carboxylic acids is 1. The van der Waals surface area contributed by atoms with Crippen LogP contribution in [0.3, 0.4) is 0 Å². The molecular formula is C11H12FNO3. The Labute approximate surface area is 92.4 Å². The molecule has 0 saturated heterocycles. The lowest BCUT2D eigenvalue weighted by Crippen LogP contribution is -2.19. The van der Waals surface area contributed by atoms with Crippen molar-refractivity contribution in [3.8, 4) is 11.5 Å².